The lowest BCUT2D eigenvalue weighted by Gasteiger charge is -2.39. The van der Waals surface area contributed by atoms with E-state index in [9.17, 15) is 19.5 Å². The molecule has 6 rings (SSSR count). The average molecular weight is 697 g/mol. The zero-order valence-corrected chi connectivity index (χ0v) is 28.9. The third kappa shape index (κ3) is 7.10. The van der Waals surface area contributed by atoms with E-state index in [4.69, 9.17) is 32.7 Å². The minimum absolute atomic E-state index is 0.0332. The van der Waals surface area contributed by atoms with Gasteiger partial charge in [-0.15, -0.1) is 0 Å². The molecule has 2 aromatic heterocycles. The fourth-order valence-electron chi connectivity index (χ4n) is 6.27. The number of fused-ring (bicyclic) bond motifs is 1. The molecule has 0 aliphatic carbocycles. The SMILES string of the molecule is C[C@@H]1CN(C(=O)OC(C)(C)C)[C@H](c2ccc(-n3c(Cl)cc4c(=O)n(CC5(O)CCN(C(=O)c6ccc(Cl)cc6)CC5)cnc43)cc2)CO1. The van der Waals surface area contributed by atoms with Crippen LogP contribution in [0.25, 0.3) is 16.7 Å². The predicted molar refractivity (Wildman–Crippen MR) is 183 cm³/mol. The zero-order valence-electron chi connectivity index (χ0n) is 27.4. The van der Waals surface area contributed by atoms with Crippen molar-refractivity contribution >= 4 is 46.2 Å². The Bertz CT molecular complexity index is 1870. The van der Waals surface area contributed by atoms with Gasteiger partial charge in [-0.05, 0) is 88.6 Å². The topological polar surface area (TPSA) is 119 Å². The Balaban J connectivity index is 1.18. The zero-order chi connectivity index (χ0) is 34.4. The van der Waals surface area contributed by atoms with E-state index in [-0.39, 0.29) is 30.2 Å². The first kappa shape index (κ1) is 34.0. The van der Waals surface area contributed by atoms with Crippen molar-refractivity contribution in [2.24, 2.45) is 0 Å². The van der Waals surface area contributed by atoms with Crippen LogP contribution in [0.2, 0.25) is 10.2 Å². The molecule has 0 spiro atoms. The molecule has 2 fully saturated rings. The number of amides is 2. The molecule has 0 radical (unpaired) electrons. The van der Waals surface area contributed by atoms with Gasteiger partial charge in [0.1, 0.15) is 17.1 Å². The van der Waals surface area contributed by atoms with Gasteiger partial charge in [-0.25, -0.2) is 9.78 Å². The Kier molecular flexibility index (Phi) is 9.34. The highest BCUT2D eigenvalue weighted by Crippen LogP contribution is 2.31. The number of hydrogen-bond donors (Lipinski definition) is 1. The quantitative estimate of drug-likeness (QED) is 0.278. The van der Waals surface area contributed by atoms with Gasteiger partial charge in [0.2, 0.25) is 0 Å². The molecule has 2 aliphatic heterocycles. The number of nitrogens with zero attached hydrogens (tertiary/aromatic N) is 5. The Morgan fingerprint density at radius 3 is 2.38 bits per heavy atom. The summed E-state index contributed by atoms with van der Waals surface area (Å²) in [6, 6.07) is 15.5. The number of morpholine rings is 1. The van der Waals surface area contributed by atoms with Crippen LogP contribution in [0.4, 0.5) is 4.79 Å². The lowest BCUT2D eigenvalue weighted by atomic mass is 9.91. The maximum atomic E-state index is 13.6. The molecule has 0 saturated carbocycles. The van der Waals surface area contributed by atoms with E-state index < -0.39 is 17.3 Å². The molecule has 2 aromatic carbocycles. The van der Waals surface area contributed by atoms with Gasteiger partial charge in [0.15, 0.2) is 5.65 Å². The third-order valence-corrected chi connectivity index (χ3v) is 9.34. The number of ether oxygens (including phenoxy) is 2. The first-order valence-corrected chi connectivity index (χ1v) is 16.7. The fraction of sp³-hybridized carbons (Fsp3) is 0.429. The highest BCUT2D eigenvalue weighted by molar-refractivity contribution is 6.31. The molecule has 0 unspecified atom stereocenters. The molecule has 2 aliphatic rings. The van der Waals surface area contributed by atoms with Gasteiger partial charge in [-0.1, -0.05) is 35.3 Å². The van der Waals surface area contributed by atoms with Crippen LogP contribution in [-0.4, -0.2) is 84.6 Å². The molecule has 1 N–H and O–H groups in total. The summed E-state index contributed by atoms with van der Waals surface area (Å²) in [6.07, 6.45) is 1.52. The largest absolute Gasteiger partial charge is 0.444 e. The van der Waals surface area contributed by atoms with Crippen molar-refractivity contribution in [2.45, 2.75) is 70.4 Å². The first-order chi connectivity index (χ1) is 22.7. The second kappa shape index (κ2) is 13.2. The number of hydrogen-bond acceptors (Lipinski definition) is 7. The molecule has 48 heavy (non-hydrogen) atoms. The van der Waals surface area contributed by atoms with Gasteiger partial charge in [-0.3, -0.25) is 23.6 Å². The highest BCUT2D eigenvalue weighted by Gasteiger charge is 2.36. The van der Waals surface area contributed by atoms with Crippen LogP contribution in [0, 0.1) is 0 Å². The predicted octanol–water partition coefficient (Wildman–Crippen LogP) is 5.86. The lowest BCUT2D eigenvalue weighted by Crippen LogP contribution is -2.49. The maximum Gasteiger partial charge on any atom is 0.410 e. The number of likely N-dealkylation sites (tertiary alicyclic amines) is 1. The van der Waals surface area contributed by atoms with E-state index in [1.54, 1.807) is 44.7 Å². The van der Waals surface area contributed by atoms with Crippen molar-refractivity contribution in [3.8, 4) is 5.69 Å². The van der Waals surface area contributed by atoms with E-state index >= 15 is 0 Å². The number of benzene rings is 2. The molecule has 254 valence electrons. The summed E-state index contributed by atoms with van der Waals surface area (Å²) in [5.74, 6) is -0.125. The number of carbonyl (C=O) groups excluding carboxylic acids is 2. The van der Waals surface area contributed by atoms with Gasteiger partial charge in [-0.2, -0.15) is 0 Å². The Morgan fingerprint density at radius 1 is 1.06 bits per heavy atom. The molecule has 11 nitrogen and oxygen atoms in total. The number of rotatable bonds is 5. The smallest absolute Gasteiger partial charge is 0.410 e. The molecule has 13 heteroatoms. The molecule has 4 heterocycles. The van der Waals surface area contributed by atoms with E-state index in [1.165, 1.54) is 10.9 Å². The van der Waals surface area contributed by atoms with E-state index in [0.717, 1.165) is 5.56 Å². The van der Waals surface area contributed by atoms with Gasteiger partial charge in [0, 0.05) is 29.4 Å². The lowest BCUT2D eigenvalue weighted by molar-refractivity contribution is -0.0644. The second-order valence-electron chi connectivity index (χ2n) is 13.6. The molecule has 4 aromatic rings. The van der Waals surface area contributed by atoms with Gasteiger partial charge in [0.05, 0.1) is 42.8 Å². The van der Waals surface area contributed by atoms with E-state index in [1.807, 2.05) is 52.0 Å². The molecule has 2 saturated heterocycles. The van der Waals surface area contributed by atoms with Gasteiger partial charge >= 0.3 is 6.09 Å². The van der Waals surface area contributed by atoms with Crippen molar-refractivity contribution in [1.29, 1.82) is 0 Å². The summed E-state index contributed by atoms with van der Waals surface area (Å²) in [4.78, 5) is 47.6. The van der Waals surface area contributed by atoms with Crippen LogP contribution in [0.5, 0.6) is 0 Å². The van der Waals surface area contributed by atoms with Gasteiger partial charge < -0.3 is 19.5 Å². The molecular weight excluding hydrogens is 657 g/mol. The summed E-state index contributed by atoms with van der Waals surface area (Å²) in [6.45, 7) is 8.91. The van der Waals surface area contributed by atoms with Gasteiger partial charge in [0.25, 0.3) is 11.5 Å². The van der Waals surface area contributed by atoms with Crippen molar-refractivity contribution in [1.82, 2.24) is 23.9 Å². The monoisotopic (exact) mass is 695 g/mol. The number of halogens is 2. The molecule has 0 bridgehead atoms. The molecular formula is C35H39Cl2N5O6. The Labute approximate surface area is 288 Å². The van der Waals surface area contributed by atoms with Crippen molar-refractivity contribution in [2.75, 3.05) is 26.2 Å². The average Bonchev–Trinajstić information content (AvgIpc) is 3.38. The summed E-state index contributed by atoms with van der Waals surface area (Å²) in [5.41, 5.74) is 0.334. The molecule has 2 atom stereocenters. The minimum atomic E-state index is -1.19. The molecule has 2 amide bonds. The van der Waals surface area contributed by atoms with E-state index in [2.05, 4.69) is 4.98 Å². The van der Waals surface area contributed by atoms with Crippen LogP contribution < -0.4 is 5.56 Å². The number of aliphatic hydroxyl groups is 1. The Morgan fingerprint density at radius 2 is 1.73 bits per heavy atom. The van der Waals surface area contributed by atoms with Crippen LogP contribution in [0.1, 0.15) is 62.5 Å². The van der Waals surface area contributed by atoms with Crippen molar-refractivity contribution in [3.63, 3.8) is 0 Å². The van der Waals surface area contributed by atoms with Crippen LogP contribution >= 0.6 is 23.2 Å². The third-order valence-electron chi connectivity index (χ3n) is 8.81. The number of carbonyl (C=O) groups is 2. The van der Waals surface area contributed by atoms with Crippen LogP contribution in [0.3, 0.4) is 0 Å². The summed E-state index contributed by atoms with van der Waals surface area (Å²) in [5, 5.41) is 12.6. The fourth-order valence-corrected chi connectivity index (χ4v) is 6.68. The first-order valence-electron chi connectivity index (χ1n) is 16.0. The van der Waals surface area contributed by atoms with E-state index in [0.29, 0.717) is 71.5 Å². The normalized spacial score (nSPS) is 19.8. The minimum Gasteiger partial charge on any atom is -0.444 e. The van der Waals surface area contributed by atoms with Crippen LogP contribution in [0.15, 0.2) is 65.7 Å². The number of aromatic nitrogens is 3. The standard InChI is InChI=1S/C35H39Cl2N5O6/c1-22-18-41(33(45)48-34(2,3)4)28(19-47-22)23-7-11-26(12-8-23)42-29(37)17-27-30(42)38-21-40(32(27)44)20-35(46)13-15-39(16-14-35)31(43)24-5-9-25(36)10-6-24/h5-12,17,21-22,28,46H,13-16,18-20H2,1-4H3/t22-,28+/m1/s1. The maximum absolute atomic E-state index is 13.6. The Hall–Kier alpha value is -3.90. The van der Waals surface area contributed by atoms with Crippen molar-refractivity contribution < 1.29 is 24.2 Å². The number of piperidine rings is 1. The summed E-state index contributed by atoms with van der Waals surface area (Å²) < 4.78 is 14.7. The second-order valence-corrected chi connectivity index (χ2v) is 14.4. The highest BCUT2D eigenvalue weighted by atomic mass is 35.5. The summed E-state index contributed by atoms with van der Waals surface area (Å²) >= 11 is 12.6. The van der Waals surface area contributed by atoms with Crippen molar-refractivity contribution in [3.05, 3.63) is 92.6 Å². The summed E-state index contributed by atoms with van der Waals surface area (Å²) in [7, 11) is 0. The van der Waals surface area contributed by atoms with Crippen LogP contribution in [-0.2, 0) is 16.0 Å².